The molecule has 0 spiro atoms. The Kier molecular flexibility index (Phi) is 6.91. The lowest BCUT2D eigenvalue weighted by Crippen LogP contribution is -2.37. The molecule has 1 aliphatic heterocycles. The van der Waals surface area contributed by atoms with Crippen LogP contribution in [0.2, 0.25) is 5.02 Å². The molecule has 0 bridgehead atoms. The summed E-state index contributed by atoms with van der Waals surface area (Å²) in [7, 11) is 1.58. The van der Waals surface area contributed by atoms with Crippen LogP contribution in [0.15, 0.2) is 78.9 Å². The molecule has 3 aromatic carbocycles. The molecule has 33 heavy (non-hydrogen) atoms. The van der Waals surface area contributed by atoms with Crippen molar-refractivity contribution in [2.45, 2.75) is 19.0 Å². The highest BCUT2D eigenvalue weighted by atomic mass is 35.5. The van der Waals surface area contributed by atoms with Gasteiger partial charge in [0.1, 0.15) is 11.8 Å². The van der Waals surface area contributed by atoms with Crippen molar-refractivity contribution >= 4 is 52.1 Å². The van der Waals surface area contributed by atoms with Crippen molar-refractivity contribution in [1.82, 2.24) is 4.90 Å². The number of methoxy groups -OCH3 is 1. The highest BCUT2D eigenvalue weighted by molar-refractivity contribution is 7.80. The summed E-state index contributed by atoms with van der Waals surface area (Å²) in [5.74, 6) is 0.168. The van der Waals surface area contributed by atoms with E-state index in [9.17, 15) is 9.59 Å². The molecule has 1 aliphatic rings. The number of carbonyl (C=O) groups excluding carboxylic acids is 2. The van der Waals surface area contributed by atoms with Gasteiger partial charge in [-0.15, -0.1) is 0 Å². The zero-order valence-electron chi connectivity index (χ0n) is 17.9. The molecule has 1 atom stereocenters. The van der Waals surface area contributed by atoms with Crippen LogP contribution in [0, 0.1) is 0 Å². The summed E-state index contributed by atoms with van der Waals surface area (Å²) in [6.45, 7) is 0.356. The summed E-state index contributed by atoms with van der Waals surface area (Å²) < 4.78 is 5.15. The van der Waals surface area contributed by atoms with E-state index in [2.05, 4.69) is 5.32 Å². The molecule has 168 valence electrons. The van der Waals surface area contributed by atoms with Gasteiger partial charge >= 0.3 is 0 Å². The number of amides is 2. The predicted molar refractivity (Wildman–Crippen MR) is 134 cm³/mol. The first kappa shape index (κ1) is 22.8. The van der Waals surface area contributed by atoms with E-state index in [-0.39, 0.29) is 18.2 Å². The average molecular weight is 480 g/mol. The van der Waals surface area contributed by atoms with Gasteiger partial charge in [-0.1, -0.05) is 41.9 Å². The zero-order valence-corrected chi connectivity index (χ0v) is 19.5. The highest BCUT2D eigenvalue weighted by Crippen LogP contribution is 2.29. The minimum Gasteiger partial charge on any atom is -0.497 e. The Bertz CT molecular complexity index is 1170. The summed E-state index contributed by atoms with van der Waals surface area (Å²) in [5, 5.41) is 3.80. The van der Waals surface area contributed by atoms with Gasteiger partial charge in [-0.25, -0.2) is 0 Å². The molecule has 1 N–H and O–H groups in total. The second kappa shape index (κ2) is 10.0. The van der Waals surface area contributed by atoms with E-state index in [0.717, 1.165) is 5.56 Å². The van der Waals surface area contributed by atoms with Crippen molar-refractivity contribution in [1.29, 1.82) is 0 Å². The Morgan fingerprint density at radius 2 is 1.79 bits per heavy atom. The molecule has 3 aromatic rings. The number of carbonyl (C=O) groups is 2. The van der Waals surface area contributed by atoms with Crippen molar-refractivity contribution in [3.63, 3.8) is 0 Å². The maximum Gasteiger partial charge on any atom is 0.256 e. The van der Waals surface area contributed by atoms with Crippen molar-refractivity contribution in [3.8, 4) is 5.75 Å². The van der Waals surface area contributed by atoms with Crippen LogP contribution in [0.25, 0.3) is 0 Å². The Morgan fingerprint density at radius 1 is 1.06 bits per heavy atom. The van der Waals surface area contributed by atoms with Gasteiger partial charge in [0, 0.05) is 17.3 Å². The largest absolute Gasteiger partial charge is 0.497 e. The molecule has 8 heteroatoms. The highest BCUT2D eigenvalue weighted by Gasteiger charge is 2.44. The minimum atomic E-state index is -0.741. The maximum atomic E-state index is 13.4. The van der Waals surface area contributed by atoms with Gasteiger partial charge in [-0.3, -0.25) is 14.5 Å². The Morgan fingerprint density at radius 3 is 2.45 bits per heavy atom. The molecule has 0 saturated carbocycles. The number of halogens is 1. The molecule has 0 radical (unpaired) electrons. The summed E-state index contributed by atoms with van der Waals surface area (Å²) in [6.07, 6.45) is -0.0467. The number of thiocarbonyl (C=S) groups is 1. The Balaban J connectivity index is 1.58. The number of hydrogen-bond donors (Lipinski definition) is 1. The fourth-order valence-electron chi connectivity index (χ4n) is 3.72. The van der Waals surface area contributed by atoms with Crippen molar-refractivity contribution in [2.75, 3.05) is 17.3 Å². The molecule has 2 amide bonds. The van der Waals surface area contributed by atoms with Gasteiger partial charge < -0.3 is 15.0 Å². The first-order valence-corrected chi connectivity index (χ1v) is 11.1. The predicted octanol–water partition coefficient (Wildman–Crippen LogP) is 4.88. The zero-order chi connectivity index (χ0) is 23.4. The van der Waals surface area contributed by atoms with E-state index >= 15 is 0 Å². The number of hydrogen-bond acceptors (Lipinski definition) is 4. The van der Waals surface area contributed by atoms with Crippen LogP contribution in [0.3, 0.4) is 0 Å². The number of nitrogens with one attached hydrogen (secondary N) is 1. The van der Waals surface area contributed by atoms with E-state index in [1.54, 1.807) is 42.3 Å². The molecule has 1 fully saturated rings. The van der Waals surface area contributed by atoms with Gasteiger partial charge in [0.05, 0.1) is 19.2 Å². The van der Waals surface area contributed by atoms with Crippen molar-refractivity contribution < 1.29 is 14.3 Å². The second-order valence-corrected chi connectivity index (χ2v) is 8.35. The van der Waals surface area contributed by atoms with Gasteiger partial charge in [0.15, 0.2) is 5.11 Å². The molecular weight excluding hydrogens is 458 g/mol. The lowest BCUT2D eigenvalue weighted by atomic mass is 10.1. The Hall–Kier alpha value is -3.42. The normalized spacial score (nSPS) is 15.6. The van der Waals surface area contributed by atoms with E-state index in [1.165, 1.54) is 4.90 Å². The monoisotopic (exact) mass is 479 g/mol. The van der Waals surface area contributed by atoms with Gasteiger partial charge in [0.25, 0.3) is 5.91 Å². The molecular formula is C25H22ClN3O3S. The van der Waals surface area contributed by atoms with Crippen LogP contribution >= 0.6 is 23.8 Å². The number of nitrogens with zero attached hydrogens (tertiary/aromatic N) is 2. The van der Waals surface area contributed by atoms with Gasteiger partial charge in [-0.05, 0) is 66.3 Å². The third kappa shape index (κ3) is 5.16. The lowest BCUT2D eigenvalue weighted by Gasteiger charge is -2.24. The first-order valence-electron chi connectivity index (χ1n) is 10.3. The molecule has 0 aliphatic carbocycles. The standard InChI is InChI=1S/C25H22ClN3O3S/c1-32-21-12-10-19(11-13-21)27-23(30)15-22-24(31)29(20-8-3-2-4-9-20)25(33)28(22)16-17-6-5-7-18(26)14-17/h2-14,22H,15-16H2,1H3,(H,27,30)/t22-/m0/s1. The van der Waals surface area contributed by atoms with E-state index in [0.29, 0.717) is 33.8 Å². The minimum absolute atomic E-state index is 0.0467. The summed E-state index contributed by atoms with van der Waals surface area (Å²) >= 11 is 11.8. The number of para-hydroxylation sites is 1. The fourth-order valence-corrected chi connectivity index (χ4v) is 4.32. The van der Waals surface area contributed by atoms with Crippen LogP contribution < -0.4 is 15.0 Å². The Labute approximate surface area is 202 Å². The number of rotatable bonds is 7. The van der Waals surface area contributed by atoms with Crippen LogP contribution in [-0.2, 0) is 16.1 Å². The number of ether oxygens (including phenoxy) is 1. The summed E-state index contributed by atoms with van der Waals surface area (Å²) in [4.78, 5) is 29.6. The van der Waals surface area contributed by atoms with E-state index in [1.807, 2.05) is 48.5 Å². The van der Waals surface area contributed by atoms with Crippen LogP contribution in [0.5, 0.6) is 5.75 Å². The summed E-state index contributed by atoms with van der Waals surface area (Å²) in [5.41, 5.74) is 2.19. The number of benzene rings is 3. The quantitative estimate of drug-likeness (QED) is 0.489. The van der Waals surface area contributed by atoms with Gasteiger partial charge in [-0.2, -0.15) is 0 Å². The van der Waals surface area contributed by atoms with Crippen LogP contribution in [0.4, 0.5) is 11.4 Å². The third-order valence-corrected chi connectivity index (χ3v) is 5.98. The van der Waals surface area contributed by atoms with E-state index < -0.39 is 6.04 Å². The third-order valence-electron chi connectivity index (χ3n) is 5.33. The molecule has 1 saturated heterocycles. The molecule has 1 heterocycles. The molecule has 0 aromatic heterocycles. The van der Waals surface area contributed by atoms with Crippen molar-refractivity contribution in [2.24, 2.45) is 0 Å². The van der Waals surface area contributed by atoms with Crippen molar-refractivity contribution in [3.05, 3.63) is 89.4 Å². The average Bonchev–Trinajstić information content (AvgIpc) is 3.04. The number of anilines is 2. The van der Waals surface area contributed by atoms with E-state index in [4.69, 9.17) is 28.6 Å². The smallest absolute Gasteiger partial charge is 0.256 e. The summed E-state index contributed by atoms with van der Waals surface area (Å²) in [6, 6.07) is 22.8. The fraction of sp³-hybridized carbons (Fsp3) is 0.160. The van der Waals surface area contributed by atoms with Crippen LogP contribution in [0.1, 0.15) is 12.0 Å². The molecule has 6 nitrogen and oxygen atoms in total. The first-order chi connectivity index (χ1) is 16.0. The second-order valence-electron chi connectivity index (χ2n) is 7.55. The van der Waals surface area contributed by atoms with Gasteiger partial charge in [0.2, 0.25) is 5.91 Å². The SMILES string of the molecule is COc1ccc(NC(=O)C[C@H]2C(=O)N(c3ccccc3)C(=S)N2Cc2cccc(Cl)c2)cc1. The molecule has 0 unspecified atom stereocenters. The molecule has 4 rings (SSSR count). The lowest BCUT2D eigenvalue weighted by molar-refractivity contribution is -0.124. The van der Waals surface area contributed by atoms with Crippen LogP contribution in [-0.4, -0.2) is 35.0 Å². The maximum absolute atomic E-state index is 13.4. The topological polar surface area (TPSA) is 61.9 Å².